The summed E-state index contributed by atoms with van der Waals surface area (Å²) in [6.45, 7) is 3.97. The van der Waals surface area contributed by atoms with Crippen LogP contribution in [0.15, 0.2) is 41.3 Å². The van der Waals surface area contributed by atoms with E-state index in [9.17, 15) is 5.11 Å². The van der Waals surface area contributed by atoms with Crippen molar-refractivity contribution in [3.05, 3.63) is 42.6 Å². The second-order valence-electron chi connectivity index (χ2n) is 4.79. The molecule has 2 aromatic rings. The number of hydrogen-bond acceptors (Lipinski definition) is 5. The zero-order valence-corrected chi connectivity index (χ0v) is 11.6. The summed E-state index contributed by atoms with van der Waals surface area (Å²) in [5.74, 6) is 0.761. The third-order valence-electron chi connectivity index (χ3n) is 2.86. The van der Waals surface area contributed by atoms with E-state index in [1.807, 2.05) is 29.1 Å². The Morgan fingerprint density at radius 3 is 3.10 bits per heavy atom. The molecular formula is C14H21N3O3. The molecule has 0 aliphatic carbocycles. The van der Waals surface area contributed by atoms with Crippen LogP contribution in [0, 0.1) is 0 Å². The summed E-state index contributed by atoms with van der Waals surface area (Å²) in [4.78, 5) is 0. The normalized spacial score (nSPS) is 14.3. The van der Waals surface area contributed by atoms with Crippen molar-refractivity contribution in [2.45, 2.75) is 32.2 Å². The molecule has 110 valence electrons. The first-order valence-electron chi connectivity index (χ1n) is 6.73. The molecule has 2 N–H and O–H groups in total. The van der Waals surface area contributed by atoms with Crippen molar-refractivity contribution in [1.82, 2.24) is 15.1 Å². The van der Waals surface area contributed by atoms with E-state index in [0.29, 0.717) is 13.2 Å². The van der Waals surface area contributed by atoms with E-state index in [-0.39, 0.29) is 12.6 Å². The summed E-state index contributed by atoms with van der Waals surface area (Å²) in [6.07, 6.45) is 4.74. The first-order valence-corrected chi connectivity index (χ1v) is 6.73. The fourth-order valence-corrected chi connectivity index (χ4v) is 1.84. The third kappa shape index (κ3) is 5.16. The summed E-state index contributed by atoms with van der Waals surface area (Å²) >= 11 is 0. The molecule has 6 nitrogen and oxygen atoms in total. The summed E-state index contributed by atoms with van der Waals surface area (Å²) in [5.41, 5.74) is 0. The van der Waals surface area contributed by atoms with E-state index in [2.05, 4.69) is 17.3 Å². The Kier molecular flexibility index (Phi) is 5.79. The summed E-state index contributed by atoms with van der Waals surface area (Å²) in [7, 11) is 0. The number of aromatic nitrogens is 2. The fourth-order valence-electron chi connectivity index (χ4n) is 1.84. The molecular weight excluding hydrogens is 258 g/mol. The van der Waals surface area contributed by atoms with Crippen molar-refractivity contribution in [3.8, 4) is 0 Å². The lowest BCUT2D eigenvalue weighted by molar-refractivity contribution is 0.0215. The lowest BCUT2D eigenvalue weighted by atomic mass is 10.3. The zero-order chi connectivity index (χ0) is 14.2. The van der Waals surface area contributed by atoms with Crippen LogP contribution in [-0.4, -0.2) is 40.2 Å². The maximum atomic E-state index is 9.81. The molecule has 20 heavy (non-hydrogen) atoms. The maximum Gasteiger partial charge on any atom is 0.129 e. The Labute approximate surface area is 118 Å². The van der Waals surface area contributed by atoms with Crippen molar-refractivity contribution in [2.75, 3.05) is 13.2 Å². The average Bonchev–Trinajstić information content (AvgIpc) is 3.09. The molecule has 2 aromatic heterocycles. The number of aliphatic hydroxyl groups excluding tert-OH is 1. The van der Waals surface area contributed by atoms with Crippen LogP contribution in [0.25, 0.3) is 0 Å². The molecule has 0 aliphatic rings. The smallest absolute Gasteiger partial charge is 0.129 e. The number of aliphatic hydroxyl groups is 1. The Bertz CT molecular complexity index is 456. The number of ether oxygens (including phenoxy) is 1. The highest BCUT2D eigenvalue weighted by atomic mass is 16.5. The molecule has 0 aromatic carbocycles. The third-order valence-corrected chi connectivity index (χ3v) is 2.86. The second-order valence-corrected chi connectivity index (χ2v) is 4.79. The van der Waals surface area contributed by atoms with Gasteiger partial charge in [0.05, 0.1) is 25.5 Å². The van der Waals surface area contributed by atoms with Crippen molar-refractivity contribution >= 4 is 0 Å². The Morgan fingerprint density at radius 1 is 1.50 bits per heavy atom. The van der Waals surface area contributed by atoms with Crippen LogP contribution in [0.1, 0.15) is 12.7 Å². The highest BCUT2D eigenvalue weighted by molar-refractivity contribution is 4.96. The molecule has 6 heteroatoms. The van der Waals surface area contributed by atoms with Gasteiger partial charge in [0.25, 0.3) is 0 Å². The highest BCUT2D eigenvalue weighted by Crippen LogP contribution is 2.02. The van der Waals surface area contributed by atoms with Gasteiger partial charge in [-0.1, -0.05) is 0 Å². The van der Waals surface area contributed by atoms with Crippen LogP contribution in [0.4, 0.5) is 0 Å². The molecule has 2 unspecified atom stereocenters. The topological polar surface area (TPSA) is 72.5 Å². The van der Waals surface area contributed by atoms with Gasteiger partial charge in [-0.05, 0) is 25.1 Å². The number of nitrogens with one attached hydrogen (secondary N) is 1. The molecule has 0 saturated heterocycles. The van der Waals surface area contributed by atoms with Gasteiger partial charge in [0.15, 0.2) is 0 Å². The Hall–Kier alpha value is -1.63. The molecule has 0 radical (unpaired) electrons. The van der Waals surface area contributed by atoms with Crippen LogP contribution in [-0.2, 0) is 17.9 Å². The van der Waals surface area contributed by atoms with Gasteiger partial charge >= 0.3 is 0 Å². The van der Waals surface area contributed by atoms with Crippen LogP contribution in [0.5, 0.6) is 0 Å². The van der Waals surface area contributed by atoms with E-state index >= 15 is 0 Å². The van der Waals surface area contributed by atoms with Gasteiger partial charge in [-0.3, -0.25) is 4.68 Å². The highest BCUT2D eigenvalue weighted by Gasteiger charge is 2.08. The first kappa shape index (κ1) is 14.8. The molecule has 0 saturated carbocycles. The molecule has 0 bridgehead atoms. The monoisotopic (exact) mass is 279 g/mol. The van der Waals surface area contributed by atoms with Gasteiger partial charge in [0.1, 0.15) is 12.4 Å². The minimum Gasteiger partial charge on any atom is -0.467 e. The Morgan fingerprint density at radius 2 is 2.40 bits per heavy atom. The lowest BCUT2D eigenvalue weighted by Gasteiger charge is -2.17. The van der Waals surface area contributed by atoms with Gasteiger partial charge in [0.2, 0.25) is 0 Å². The molecule has 0 aliphatic heterocycles. The predicted octanol–water partition coefficient (Wildman–Crippen LogP) is 1.03. The van der Waals surface area contributed by atoms with Crippen LogP contribution < -0.4 is 5.32 Å². The molecule has 2 heterocycles. The van der Waals surface area contributed by atoms with E-state index in [1.54, 1.807) is 12.5 Å². The Balaban J connectivity index is 1.56. The molecule has 2 rings (SSSR count). The number of nitrogens with zero attached hydrogens (tertiary/aromatic N) is 2. The zero-order valence-electron chi connectivity index (χ0n) is 11.6. The standard InChI is InChI=1S/C14H21N3O3/c1-12(9-17-6-3-5-16-17)15-8-13(18)10-19-11-14-4-2-7-20-14/h2-7,12-13,15,18H,8-11H2,1H3. The number of hydrogen-bond donors (Lipinski definition) is 2. The quantitative estimate of drug-likeness (QED) is 0.717. The fraction of sp³-hybridized carbons (Fsp3) is 0.500. The lowest BCUT2D eigenvalue weighted by Crippen LogP contribution is -2.38. The van der Waals surface area contributed by atoms with E-state index in [4.69, 9.17) is 9.15 Å². The van der Waals surface area contributed by atoms with Gasteiger partial charge in [-0.2, -0.15) is 5.10 Å². The van der Waals surface area contributed by atoms with Crippen LogP contribution in [0.3, 0.4) is 0 Å². The molecule has 2 atom stereocenters. The summed E-state index contributed by atoms with van der Waals surface area (Å²) < 4.78 is 12.4. The van der Waals surface area contributed by atoms with E-state index < -0.39 is 6.10 Å². The minimum absolute atomic E-state index is 0.231. The van der Waals surface area contributed by atoms with Gasteiger partial charge < -0.3 is 19.6 Å². The first-order chi connectivity index (χ1) is 9.74. The average molecular weight is 279 g/mol. The minimum atomic E-state index is -0.537. The van der Waals surface area contributed by atoms with Crippen molar-refractivity contribution in [2.24, 2.45) is 0 Å². The van der Waals surface area contributed by atoms with Gasteiger partial charge in [-0.25, -0.2) is 0 Å². The van der Waals surface area contributed by atoms with Gasteiger partial charge in [-0.15, -0.1) is 0 Å². The van der Waals surface area contributed by atoms with E-state index in [0.717, 1.165) is 12.3 Å². The summed E-state index contributed by atoms with van der Waals surface area (Å²) in [5, 5.41) is 17.2. The molecule has 0 fully saturated rings. The number of rotatable bonds is 9. The largest absolute Gasteiger partial charge is 0.467 e. The van der Waals surface area contributed by atoms with Crippen molar-refractivity contribution in [1.29, 1.82) is 0 Å². The SMILES string of the molecule is CC(Cn1cccn1)NCC(O)COCc1ccco1. The number of furan rings is 1. The van der Waals surface area contributed by atoms with E-state index in [1.165, 1.54) is 0 Å². The van der Waals surface area contributed by atoms with Gasteiger partial charge in [0, 0.05) is 25.0 Å². The molecule has 0 spiro atoms. The predicted molar refractivity (Wildman–Crippen MR) is 74.1 cm³/mol. The van der Waals surface area contributed by atoms with Crippen LogP contribution in [0.2, 0.25) is 0 Å². The van der Waals surface area contributed by atoms with Crippen molar-refractivity contribution < 1.29 is 14.3 Å². The van der Waals surface area contributed by atoms with Crippen molar-refractivity contribution in [3.63, 3.8) is 0 Å². The second kappa shape index (κ2) is 7.84. The van der Waals surface area contributed by atoms with Crippen LogP contribution >= 0.6 is 0 Å². The molecule has 0 amide bonds. The summed E-state index contributed by atoms with van der Waals surface area (Å²) in [6, 6.07) is 5.78. The maximum absolute atomic E-state index is 9.81.